The van der Waals surface area contributed by atoms with Gasteiger partial charge in [0.05, 0.1) is 6.04 Å². The third-order valence-electron chi connectivity index (χ3n) is 3.04. The molecule has 96 valence electrons. The normalized spacial score (nSPS) is 12.6. The lowest BCUT2D eigenvalue weighted by molar-refractivity contribution is 0.635. The predicted octanol–water partition coefficient (Wildman–Crippen LogP) is 4.66. The molecule has 0 aliphatic rings. The lowest BCUT2D eigenvalue weighted by Gasteiger charge is -2.19. The van der Waals surface area contributed by atoms with Crippen LogP contribution in [0.1, 0.15) is 35.9 Å². The summed E-state index contributed by atoms with van der Waals surface area (Å²) in [6.07, 6.45) is 1.08. The van der Waals surface area contributed by atoms with E-state index in [9.17, 15) is 0 Å². The molecule has 1 heterocycles. The summed E-state index contributed by atoms with van der Waals surface area (Å²) in [5.74, 6) is 0. The number of benzene rings is 1. The topological polar surface area (TPSA) is 12.0 Å². The number of halogens is 1. The van der Waals surface area contributed by atoms with Crippen LogP contribution in [0.4, 0.5) is 0 Å². The fourth-order valence-electron chi connectivity index (χ4n) is 2.11. The summed E-state index contributed by atoms with van der Waals surface area (Å²) >= 11 is 7.78. The van der Waals surface area contributed by atoms with Gasteiger partial charge in [-0.2, -0.15) is 0 Å². The molecule has 1 atom stereocenters. The second-order valence-electron chi connectivity index (χ2n) is 4.21. The Morgan fingerprint density at radius 1 is 1.17 bits per heavy atom. The SMILES string of the molecule is CCNC(c1ccc(Cl)cc1)c1sccc1CC. The van der Waals surface area contributed by atoms with Gasteiger partial charge < -0.3 is 5.32 Å². The molecule has 0 fully saturated rings. The van der Waals surface area contributed by atoms with Crippen LogP contribution in [-0.4, -0.2) is 6.54 Å². The van der Waals surface area contributed by atoms with E-state index in [2.05, 4.69) is 42.7 Å². The van der Waals surface area contributed by atoms with Gasteiger partial charge >= 0.3 is 0 Å². The van der Waals surface area contributed by atoms with E-state index < -0.39 is 0 Å². The van der Waals surface area contributed by atoms with E-state index >= 15 is 0 Å². The van der Waals surface area contributed by atoms with E-state index in [1.165, 1.54) is 16.0 Å². The molecule has 0 radical (unpaired) electrons. The van der Waals surface area contributed by atoms with E-state index in [1.807, 2.05) is 23.5 Å². The Bertz CT molecular complexity index is 489. The summed E-state index contributed by atoms with van der Waals surface area (Å²) in [6, 6.07) is 10.6. The maximum Gasteiger partial charge on any atom is 0.0673 e. The van der Waals surface area contributed by atoms with Crippen molar-refractivity contribution < 1.29 is 0 Å². The highest BCUT2D eigenvalue weighted by Crippen LogP contribution is 2.30. The maximum absolute atomic E-state index is 5.96. The van der Waals surface area contributed by atoms with E-state index in [-0.39, 0.29) is 6.04 Å². The monoisotopic (exact) mass is 279 g/mol. The molecule has 0 aliphatic carbocycles. The Morgan fingerprint density at radius 2 is 1.89 bits per heavy atom. The van der Waals surface area contributed by atoms with E-state index in [4.69, 9.17) is 11.6 Å². The van der Waals surface area contributed by atoms with Crippen LogP contribution in [0.15, 0.2) is 35.7 Å². The minimum atomic E-state index is 0.280. The van der Waals surface area contributed by atoms with Crippen molar-refractivity contribution in [3.05, 3.63) is 56.7 Å². The minimum absolute atomic E-state index is 0.280. The van der Waals surface area contributed by atoms with Gasteiger partial charge in [0.1, 0.15) is 0 Å². The number of hydrogen-bond acceptors (Lipinski definition) is 2. The van der Waals surface area contributed by atoms with Gasteiger partial charge in [-0.1, -0.05) is 37.6 Å². The first-order chi connectivity index (χ1) is 8.76. The number of nitrogens with one attached hydrogen (secondary N) is 1. The van der Waals surface area contributed by atoms with Crippen molar-refractivity contribution >= 4 is 22.9 Å². The molecule has 0 spiro atoms. The van der Waals surface area contributed by atoms with Crippen molar-refractivity contribution in [3.8, 4) is 0 Å². The van der Waals surface area contributed by atoms with Crippen LogP contribution in [0.5, 0.6) is 0 Å². The lowest BCUT2D eigenvalue weighted by atomic mass is 10.0. The molecule has 0 bridgehead atoms. The largest absolute Gasteiger partial charge is 0.306 e. The van der Waals surface area contributed by atoms with Gasteiger partial charge in [0.2, 0.25) is 0 Å². The summed E-state index contributed by atoms with van der Waals surface area (Å²) in [5.41, 5.74) is 2.71. The molecule has 0 saturated carbocycles. The van der Waals surface area contributed by atoms with Gasteiger partial charge in [0.15, 0.2) is 0 Å². The lowest BCUT2D eigenvalue weighted by Crippen LogP contribution is -2.21. The molecule has 1 nitrogen and oxygen atoms in total. The minimum Gasteiger partial charge on any atom is -0.306 e. The Balaban J connectivity index is 2.36. The molecular formula is C15H18ClNS. The van der Waals surface area contributed by atoms with Crippen LogP contribution in [0.2, 0.25) is 5.02 Å². The smallest absolute Gasteiger partial charge is 0.0673 e. The second kappa shape index (κ2) is 6.37. The summed E-state index contributed by atoms with van der Waals surface area (Å²) in [7, 11) is 0. The zero-order chi connectivity index (χ0) is 13.0. The molecule has 0 saturated heterocycles. The van der Waals surface area contributed by atoms with Gasteiger partial charge in [0, 0.05) is 9.90 Å². The average molecular weight is 280 g/mol. The van der Waals surface area contributed by atoms with E-state index in [0.29, 0.717) is 0 Å². The zero-order valence-corrected chi connectivity index (χ0v) is 12.3. The number of rotatable bonds is 5. The average Bonchev–Trinajstić information content (AvgIpc) is 2.85. The molecule has 1 N–H and O–H groups in total. The van der Waals surface area contributed by atoms with Crippen LogP contribution in [0.25, 0.3) is 0 Å². The quantitative estimate of drug-likeness (QED) is 0.839. The van der Waals surface area contributed by atoms with Crippen molar-refractivity contribution in [1.29, 1.82) is 0 Å². The Hall–Kier alpha value is -0.830. The highest BCUT2D eigenvalue weighted by molar-refractivity contribution is 7.10. The van der Waals surface area contributed by atoms with Crippen LogP contribution in [-0.2, 0) is 6.42 Å². The zero-order valence-electron chi connectivity index (χ0n) is 10.7. The molecule has 1 aromatic heterocycles. The highest BCUT2D eigenvalue weighted by atomic mass is 35.5. The van der Waals surface area contributed by atoms with Crippen molar-refractivity contribution in [2.45, 2.75) is 26.3 Å². The van der Waals surface area contributed by atoms with Crippen LogP contribution >= 0.6 is 22.9 Å². The van der Waals surface area contributed by atoms with Gasteiger partial charge in [0.25, 0.3) is 0 Å². The molecular weight excluding hydrogens is 262 g/mol. The highest BCUT2D eigenvalue weighted by Gasteiger charge is 2.17. The van der Waals surface area contributed by atoms with Crippen LogP contribution < -0.4 is 5.32 Å². The van der Waals surface area contributed by atoms with Gasteiger partial charge in [-0.15, -0.1) is 11.3 Å². The first-order valence-corrected chi connectivity index (χ1v) is 7.57. The van der Waals surface area contributed by atoms with Crippen molar-refractivity contribution in [2.75, 3.05) is 6.54 Å². The summed E-state index contributed by atoms with van der Waals surface area (Å²) in [6.45, 7) is 5.30. The van der Waals surface area contributed by atoms with E-state index in [0.717, 1.165) is 18.0 Å². The second-order valence-corrected chi connectivity index (χ2v) is 5.59. The molecule has 2 rings (SSSR count). The summed E-state index contributed by atoms with van der Waals surface area (Å²) in [5, 5.41) is 6.53. The standard InChI is InChI=1S/C15H18ClNS/c1-3-11-9-10-18-15(11)14(17-4-2)12-5-7-13(16)8-6-12/h5-10,14,17H,3-4H2,1-2H3. The van der Waals surface area contributed by atoms with Crippen molar-refractivity contribution in [1.82, 2.24) is 5.32 Å². The fraction of sp³-hybridized carbons (Fsp3) is 0.333. The third kappa shape index (κ3) is 2.94. The van der Waals surface area contributed by atoms with Crippen LogP contribution in [0, 0.1) is 0 Å². The van der Waals surface area contributed by atoms with Gasteiger partial charge in [-0.05, 0) is 47.7 Å². The predicted molar refractivity (Wildman–Crippen MR) is 80.7 cm³/mol. The molecule has 0 aliphatic heterocycles. The van der Waals surface area contributed by atoms with E-state index in [1.54, 1.807) is 0 Å². The molecule has 2 aromatic rings. The number of thiophene rings is 1. The molecule has 1 aromatic carbocycles. The van der Waals surface area contributed by atoms with Crippen molar-refractivity contribution in [2.24, 2.45) is 0 Å². The Kier molecular flexibility index (Phi) is 4.81. The number of aryl methyl sites for hydroxylation is 1. The van der Waals surface area contributed by atoms with Gasteiger partial charge in [-0.25, -0.2) is 0 Å². The first-order valence-electron chi connectivity index (χ1n) is 6.31. The molecule has 3 heteroatoms. The maximum atomic E-state index is 5.96. The Morgan fingerprint density at radius 3 is 2.50 bits per heavy atom. The number of hydrogen-bond donors (Lipinski definition) is 1. The van der Waals surface area contributed by atoms with Crippen molar-refractivity contribution in [3.63, 3.8) is 0 Å². The Labute approximate surface area is 118 Å². The molecule has 18 heavy (non-hydrogen) atoms. The summed E-state index contributed by atoms with van der Waals surface area (Å²) in [4.78, 5) is 1.42. The van der Waals surface area contributed by atoms with Crippen LogP contribution in [0.3, 0.4) is 0 Å². The molecule has 1 unspecified atom stereocenters. The third-order valence-corrected chi connectivity index (χ3v) is 4.31. The fourth-order valence-corrected chi connectivity index (χ4v) is 3.34. The summed E-state index contributed by atoms with van der Waals surface area (Å²) < 4.78 is 0. The van der Waals surface area contributed by atoms with Gasteiger partial charge in [-0.3, -0.25) is 0 Å². The molecule has 0 amide bonds. The first kappa shape index (κ1) is 13.6.